The number of hydrogen-bond acceptors (Lipinski definition) is 3. The van der Waals surface area contributed by atoms with E-state index in [1.807, 2.05) is 0 Å². The average molecular weight is 257 g/mol. The van der Waals surface area contributed by atoms with Gasteiger partial charge < -0.3 is 9.74 Å². The molecule has 0 saturated heterocycles. The number of hydrogen-bond donors (Lipinski definition) is 1. The predicted octanol–water partition coefficient (Wildman–Crippen LogP) is 0.0734. The van der Waals surface area contributed by atoms with Gasteiger partial charge in [-0.3, -0.25) is 9.59 Å². The number of quaternary nitrogens is 1. The summed E-state index contributed by atoms with van der Waals surface area (Å²) >= 11 is 0. The Morgan fingerprint density at radius 2 is 1.95 bits per heavy atom. The number of nitrogens with one attached hydrogen (secondary N) is 1. The van der Waals surface area contributed by atoms with Gasteiger partial charge in [-0.05, 0) is 12.1 Å². The van der Waals surface area contributed by atoms with E-state index in [4.69, 9.17) is 4.84 Å². The standard InChI is InChI=1S/C14H12N2O3/c1-15-8-7-11(19-15)12-13(17)9-5-3-4-6-10(9)16(2)14(12)18/h3-8H,1-2H3/p+1. The molecule has 0 aromatic heterocycles. The Balaban J connectivity index is 2.18. The van der Waals surface area contributed by atoms with Gasteiger partial charge >= 0.3 is 0 Å². The van der Waals surface area contributed by atoms with Crippen LogP contribution in [0.1, 0.15) is 10.4 Å². The third-order valence-corrected chi connectivity index (χ3v) is 3.24. The Labute approximate surface area is 110 Å². The summed E-state index contributed by atoms with van der Waals surface area (Å²) in [6, 6.07) is 7.06. The van der Waals surface area contributed by atoms with Gasteiger partial charge in [0, 0.05) is 18.7 Å². The zero-order valence-electron chi connectivity index (χ0n) is 10.6. The second kappa shape index (κ2) is 4.07. The summed E-state index contributed by atoms with van der Waals surface area (Å²) in [4.78, 5) is 31.7. The van der Waals surface area contributed by atoms with Crippen LogP contribution in [0.15, 0.2) is 47.9 Å². The molecule has 0 radical (unpaired) electrons. The number of amides is 1. The van der Waals surface area contributed by atoms with Crippen LogP contribution in [0.2, 0.25) is 0 Å². The molecule has 1 unspecified atom stereocenters. The van der Waals surface area contributed by atoms with Crippen molar-refractivity contribution in [3.05, 3.63) is 53.4 Å². The number of anilines is 1. The molecule has 0 fully saturated rings. The number of nitrogens with zero attached hydrogens (tertiary/aromatic N) is 1. The molecule has 2 aliphatic rings. The summed E-state index contributed by atoms with van der Waals surface area (Å²) in [6.07, 6.45) is 3.39. The smallest absolute Gasteiger partial charge is 0.266 e. The number of allylic oxidation sites excluding steroid dienone is 1. The van der Waals surface area contributed by atoms with Gasteiger partial charge in [-0.15, -0.1) is 5.06 Å². The molecule has 3 rings (SSSR count). The van der Waals surface area contributed by atoms with E-state index in [0.717, 1.165) is 0 Å². The van der Waals surface area contributed by atoms with E-state index < -0.39 is 0 Å². The molecule has 0 bridgehead atoms. The number of likely N-dealkylation sites (N-methyl/N-ethyl adjacent to an activating group) is 1. The first kappa shape index (κ1) is 11.7. The minimum Gasteiger partial charge on any atom is -0.311 e. The molecule has 0 aliphatic carbocycles. The van der Waals surface area contributed by atoms with Crippen LogP contribution in [0.5, 0.6) is 0 Å². The van der Waals surface area contributed by atoms with Gasteiger partial charge in [-0.25, -0.2) is 0 Å². The van der Waals surface area contributed by atoms with E-state index in [-0.39, 0.29) is 17.3 Å². The van der Waals surface area contributed by atoms with Crippen LogP contribution in [0.3, 0.4) is 0 Å². The fraction of sp³-hybridized carbons (Fsp3) is 0.143. The molecular weight excluding hydrogens is 244 g/mol. The van der Waals surface area contributed by atoms with Gasteiger partial charge in [0.15, 0.2) is 0 Å². The van der Waals surface area contributed by atoms with Crippen LogP contribution in [0.25, 0.3) is 0 Å². The largest absolute Gasteiger partial charge is 0.311 e. The van der Waals surface area contributed by atoms with E-state index in [0.29, 0.717) is 22.1 Å². The van der Waals surface area contributed by atoms with E-state index in [2.05, 4.69) is 0 Å². The molecule has 0 saturated carbocycles. The predicted molar refractivity (Wildman–Crippen MR) is 68.3 cm³/mol. The zero-order valence-corrected chi connectivity index (χ0v) is 10.6. The van der Waals surface area contributed by atoms with E-state index >= 15 is 0 Å². The number of para-hydroxylation sites is 1. The van der Waals surface area contributed by atoms with Crippen LogP contribution in [0, 0.1) is 0 Å². The fourth-order valence-corrected chi connectivity index (χ4v) is 2.25. The van der Waals surface area contributed by atoms with Crippen LogP contribution in [-0.2, 0) is 9.63 Å². The topological polar surface area (TPSA) is 51.1 Å². The van der Waals surface area contributed by atoms with Crippen molar-refractivity contribution in [1.29, 1.82) is 0 Å². The lowest BCUT2D eigenvalue weighted by Crippen LogP contribution is -3.01. The number of benzene rings is 1. The van der Waals surface area contributed by atoms with Crippen molar-refractivity contribution in [2.45, 2.75) is 0 Å². The van der Waals surface area contributed by atoms with E-state index in [9.17, 15) is 9.59 Å². The lowest BCUT2D eigenvalue weighted by molar-refractivity contribution is -1.02. The normalized spacial score (nSPS) is 25.6. The third kappa shape index (κ3) is 1.67. The molecule has 2 heterocycles. The Hall–Kier alpha value is -2.40. The van der Waals surface area contributed by atoms with E-state index in [1.165, 1.54) is 4.90 Å². The lowest BCUT2D eigenvalue weighted by atomic mass is 9.94. The second-order valence-electron chi connectivity index (χ2n) is 4.50. The highest BCUT2D eigenvalue weighted by Gasteiger charge is 2.37. The second-order valence-corrected chi connectivity index (χ2v) is 4.50. The number of carbonyl (C=O) groups is 2. The Bertz CT molecular complexity index is 646. The molecule has 1 aromatic carbocycles. The van der Waals surface area contributed by atoms with Crippen LogP contribution >= 0.6 is 0 Å². The molecule has 1 aromatic rings. The van der Waals surface area contributed by atoms with Crippen LogP contribution < -0.4 is 9.96 Å². The van der Waals surface area contributed by atoms with Gasteiger partial charge in [0.2, 0.25) is 11.5 Å². The van der Waals surface area contributed by atoms with Crippen LogP contribution in [-0.4, -0.2) is 25.8 Å². The molecule has 5 heteroatoms. The number of fused-ring (bicyclic) bond motifs is 1. The number of carbonyl (C=O) groups excluding carboxylic acids is 2. The molecular formula is C14H13N2O3+. The Kier molecular flexibility index (Phi) is 2.50. The maximum Gasteiger partial charge on any atom is 0.266 e. The first-order valence-electron chi connectivity index (χ1n) is 5.95. The van der Waals surface area contributed by atoms with Gasteiger partial charge in [0.05, 0.1) is 5.69 Å². The first-order chi connectivity index (χ1) is 9.09. The van der Waals surface area contributed by atoms with Gasteiger partial charge in [-0.2, -0.15) is 0 Å². The highest BCUT2D eigenvalue weighted by atomic mass is 16.7. The number of rotatable bonds is 0. The van der Waals surface area contributed by atoms with Gasteiger partial charge in [-0.1, -0.05) is 12.1 Å². The number of Topliss-reactive ketones (excluding diaryl/α,β-unsaturated/α-hetero) is 1. The molecule has 0 spiro atoms. The Morgan fingerprint density at radius 3 is 2.63 bits per heavy atom. The summed E-state index contributed by atoms with van der Waals surface area (Å²) in [7, 11) is 3.43. The third-order valence-electron chi connectivity index (χ3n) is 3.24. The zero-order chi connectivity index (χ0) is 13.6. The highest BCUT2D eigenvalue weighted by Crippen LogP contribution is 2.30. The number of ketones is 1. The monoisotopic (exact) mass is 257 g/mol. The summed E-state index contributed by atoms with van der Waals surface area (Å²) in [6.45, 7) is 0. The quantitative estimate of drug-likeness (QED) is 0.529. The van der Waals surface area contributed by atoms with Gasteiger partial charge in [0.25, 0.3) is 5.91 Å². The van der Waals surface area contributed by atoms with Crippen molar-refractivity contribution in [3.8, 4) is 0 Å². The fourth-order valence-electron chi connectivity index (χ4n) is 2.25. The van der Waals surface area contributed by atoms with Crippen LogP contribution in [0.4, 0.5) is 5.69 Å². The van der Waals surface area contributed by atoms with Gasteiger partial charge in [0.1, 0.15) is 18.8 Å². The average Bonchev–Trinajstić information content (AvgIpc) is 2.83. The maximum absolute atomic E-state index is 12.4. The first-order valence-corrected chi connectivity index (χ1v) is 5.95. The van der Waals surface area contributed by atoms with Crippen molar-refractivity contribution in [3.63, 3.8) is 0 Å². The van der Waals surface area contributed by atoms with Crippen molar-refractivity contribution < 1.29 is 19.5 Å². The molecule has 5 nitrogen and oxygen atoms in total. The molecule has 1 amide bonds. The molecule has 1 N–H and O–H groups in total. The molecule has 19 heavy (non-hydrogen) atoms. The minimum atomic E-state index is -0.335. The van der Waals surface area contributed by atoms with Crippen molar-refractivity contribution in [2.75, 3.05) is 19.0 Å². The molecule has 1 atom stereocenters. The van der Waals surface area contributed by atoms with Crippen molar-refractivity contribution >= 4 is 17.4 Å². The molecule has 2 aliphatic heterocycles. The summed E-state index contributed by atoms with van der Waals surface area (Å²) in [5.41, 5.74) is 1.24. The van der Waals surface area contributed by atoms with Crippen molar-refractivity contribution in [1.82, 2.24) is 0 Å². The minimum absolute atomic E-state index is 0.0919. The molecule has 96 valence electrons. The maximum atomic E-state index is 12.4. The summed E-state index contributed by atoms with van der Waals surface area (Å²) < 4.78 is 0. The SMILES string of the molecule is CN1C(=O)C(=C2C=C[NH+](C)O2)C(=O)c2ccccc21. The highest BCUT2D eigenvalue weighted by molar-refractivity contribution is 6.34. The summed E-state index contributed by atoms with van der Waals surface area (Å²) in [5.74, 6) is -0.292. The van der Waals surface area contributed by atoms with Crippen molar-refractivity contribution in [2.24, 2.45) is 0 Å². The van der Waals surface area contributed by atoms with E-state index in [1.54, 1.807) is 50.6 Å². The number of hydroxylamine groups is 2. The lowest BCUT2D eigenvalue weighted by Gasteiger charge is -2.26. The Morgan fingerprint density at radius 1 is 1.21 bits per heavy atom. The summed E-state index contributed by atoms with van der Waals surface area (Å²) in [5, 5.41) is 0.671.